The van der Waals surface area contributed by atoms with Crippen molar-refractivity contribution < 1.29 is 14.9 Å². The van der Waals surface area contributed by atoms with Gasteiger partial charge in [0, 0.05) is 18.5 Å². The van der Waals surface area contributed by atoms with Gasteiger partial charge < -0.3 is 19.5 Å². The smallest absolute Gasteiger partial charge is 0.296 e. The molecule has 0 unspecified atom stereocenters. The van der Waals surface area contributed by atoms with Gasteiger partial charge in [-0.25, -0.2) is 0 Å². The van der Waals surface area contributed by atoms with Crippen LogP contribution in [0.25, 0.3) is 10.9 Å². The Labute approximate surface area is 104 Å². The second-order valence-corrected chi connectivity index (χ2v) is 4.41. The van der Waals surface area contributed by atoms with Gasteiger partial charge in [-0.15, -0.1) is 0 Å². The molecule has 0 fully saturated rings. The van der Waals surface area contributed by atoms with Crippen LogP contribution in [-0.2, 0) is 7.05 Å². The van der Waals surface area contributed by atoms with Gasteiger partial charge in [-0.1, -0.05) is 0 Å². The number of ether oxygens (including phenoxy) is 1. The van der Waals surface area contributed by atoms with Gasteiger partial charge >= 0.3 is 0 Å². The van der Waals surface area contributed by atoms with Crippen molar-refractivity contribution in [3.05, 3.63) is 28.6 Å². The number of aromatic nitrogens is 1. The standard InChI is InChI=1S/C13H15NO4/c1-7(2)18-8-4-5-9-10(6-8)14(3)13(17)12(16)11(9)15/h4-7,15-16H,1-3H3. The first kappa shape index (κ1) is 12.3. The lowest BCUT2D eigenvalue weighted by Gasteiger charge is -2.13. The number of rotatable bonds is 2. The van der Waals surface area contributed by atoms with Crippen molar-refractivity contribution in [2.45, 2.75) is 20.0 Å². The highest BCUT2D eigenvalue weighted by Gasteiger charge is 2.14. The summed E-state index contributed by atoms with van der Waals surface area (Å²) in [4.78, 5) is 11.6. The van der Waals surface area contributed by atoms with Gasteiger partial charge in [0.1, 0.15) is 5.75 Å². The zero-order valence-corrected chi connectivity index (χ0v) is 10.5. The number of hydrogen-bond donors (Lipinski definition) is 2. The molecule has 96 valence electrons. The van der Waals surface area contributed by atoms with Gasteiger partial charge in [-0.3, -0.25) is 4.79 Å². The molecule has 0 aliphatic rings. The van der Waals surface area contributed by atoms with E-state index in [9.17, 15) is 15.0 Å². The molecule has 5 nitrogen and oxygen atoms in total. The monoisotopic (exact) mass is 249 g/mol. The van der Waals surface area contributed by atoms with E-state index in [4.69, 9.17) is 4.74 Å². The Balaban J connectivity index is 2.74. The van der Waals surface area contributed by atoms with Crippen LogP contribution >= 0.6 is 0 Å². The molecule has 0 saturated heterocycles. The van der Waals surface area contributed by atoms with Crippen LogP contribution in [0.2, 0.25) is 0 Å². The Hall–Kier alpha value is -2.17. The number of fused-ring (bicyclic) bond motifs is 1. The largest absolute Gasteiger partial charge is 0.504 e. The third-order valence-corrected chi connectivity index (χ3v) is 2.69. The number of aromatic hydroxyl groups is 2. The summed E-state index contributed by atoms with van der Waals surface area (Å²) in [5.74, 6) is -0.427. The molecule has 0 atom stereocenters. The molecule has 0 amide bonds. The van der Waals surface area contributed by atoms with Crippen molar-refractivity contribution in [3.8, 4) is 17.2 Å². The minimum Gasteiger partial charge on any atom is -0.504 e. The molecule has 2 rings (SSSR count). The predicted molar refractivity (Wildman–Crippen MR) is 68.3 cm³/mol. The van der Waals surface area contributed by atoms with Crippen molar-refractivity contribution >= 4 is 10.9 Å². The fourth-order valence-electron chi connectivity index (χ4n) is 1.83. The number of benzene rings is 1. The lowest BCUT2D eigenvalue weighted by atomic mass is 10.1. The van der Waals surface area contributed by atoms with Crippen molar-refractivity contribution in [1.29, 1.82) is 0 Å². The topological polar surface area (TPSA) is 71.7 Å². The van der Waals surface area contributed by atoms with Crippen LogP contribution in [0.15, 0.2) is 23.0 Å². The maximum absolute atomic E-state index is 11.6. The molecule has 1 heterocycles. The van der Waals surface area contributed by atoms with Crippen molar-refractivity contribution in [3.63, 3.8) is 0 Å². The number of aryl methyl sites for hydroxylation is 1. The molecule has 2 N–H and O–H groups in total. The maximum atomic E-state index is 11.6. The Morgan fingerprint density at radius 2 is 1.89 bits per heavy atom. The van der Waals surface area contributed by atoms with E-state index in [1.54, 1.807) is 18.2 Å². The first-order valence-electron chi connectivity index (χ1n) is 5.63. The average Bonchev–Trinajstić information content (AvgIpc) is 2.33. The van der Waals surface area contributed by atoms with E-state index in [1.165, 1.54) is 11.6 Å². The fraction of sp³-hybridized carbons (Fsp3) is 0.308. The summed E-state index contributed by atoms with van der Waals surface area (Å²) < 4.78 is 6.80. The van der Waals surface area contributed by atoms with Gasteiger partial charge in [0.05, 0.1) is 11.6 Å². The van der Waals surface area contributed by atoms with Crippen molar-refractivity contribution in [2.75, 3.05) is 0 Å². The van der Waals surface area contributed by atoms with Gasteiger partial charge in [-0.05, 0) is 26.0 Å². The second kappa shape index (κ2) is 4.25. The Morgan fingerprint density at radius 1 is 1.22 bits per heavy atom. The summed E-state index contributed by atoms with van der Waals surface area (Å²) in [6.07, 6.45) is 0.0187. The highest BCUT2D eigenvalue weighted by Crippen LogP contribution is 2.32. The van der Waals surface area contributed by atoms with E-state index in [2.05, 4.69) is 0 Å². The fourth-order valence-corrected chi connectivity index (χ4v) is 1.83. The number of hydrogen-bond acceptors (Lipinski definition) is 4. The molecule has 0 bridgehead atoms. The van der Waals surface area contributed by atoms with Gasteiger partial charge in [0.25, 0.3) is 5.56 Å². The van der Waals surface area contributed by atoms with Crippen LogP contribution in [0.5, 0.6) is 17.2 Å². The van der Waals surface area contributed by atoms with E-state index in [0.717, 1.165) is 0 Å². The molecular formula is C13H15NO4. The normalized spacial score (nSPS) is 11.1. The summed E-state index contributed by atoms with van der Waals surface area (Å²) in [7, 11) is 1.53. The van der Waals surface area contributed by atoms with Crippen LogP contribution in [0.1, 0.15) is 13.8 Å². The maximum Gasteiger partial charge on any atom is 0.296 e. The molecule has 1 aromatic carbocycles. The third kappa shape index (κ3) is 1.88. The first-order valence-corrected chi connectivity index (χ1v) is 5.63. The summed E-state index contributed by atoms with van der Waals surface area (Å²) in [5.41, 5.74) is -0.129. The Morgan fingerprint density at radius 3 is 2.50 bits per heavy atom. The van der Waals surface area contributed by atoms with E-state index < -0.39 is 17.1 Å². The van der Waals surface area contributed by atoms with Crippen LogP contribution in [-0.4, -0.2) is 20.9 Å². The molecule has 5 heteroatoms. The molecule has 0 aliphatic heterocycles. The first-order chi connectivity index (χ1) is 8.41. The molecule has 0 saturated carbocycles. The predicted octanol–water partition coefficient (Wildman–Crippen LogP) is 1.74. The van der Waals surface area contributed by atoms with Crippen LogP contribution < -0.4 is 10.3 Å². The van der Waals surface area contributed by atoms with Crippen molar-refractivity contribution in [1.82, 2.24) is 4.57 Å². The quantitative estimate of drug-likeness (QED) is 0.850. The molecule has 2 aromatic rings. The summed E-state index contributed by atoms with van der Waals surface area (Å²) in [5, 5.41) is 19.6. The van der Waals surface area contributed by atoms with Crippen LogP contribution in [0.4, 0.5) is 0 Å². The van der Waals surface area contributed by atoms with Gasteiger partial charge in [0.2, 0.25) is 5.75 Å². The minimum absolute atomic E-state index is 0.0187. The highest BCUT2D eigenvalue weighted by molar-refractivity contribution is 5.88. The van der Waals surface area contributed by atoms with E-state index in [0.29, 0.717) is 16.7 Å². The molecule has 0 aliphatic carbocycles. The Kier molecular flexibility index (Phi) is 2.90. The molecular weight excluding hydrogens is 234 g/mol. The second-order valence-electron chi connectivity index (χ2n) is 4.41. The Bertz CT molecular complexity index is 658. The summed E-state index contributed by atoms with van der Waals surface area (Å²) in [6, 6.07) is 4.96. The van der Waals surface area contributed by atoms with Crippen LogP contribution in [0, 0.1) is 0 Å². The van der Waals surface area contributed by atoms with Gasteiger partial charge in [-0.2, -0.15) is 0 Å². The zero-order valence-electron chi connectivity index (χ0n) is 10.5. The average molecular weight is 249 g/mol. The third-order valence-electron chi connectivity index (χ3n) is 2.69. The SMILES string of the molecule is CC(C)Oc1ccc2c(O)c(O)c(=O)n(C)c2c1. The molecule has 0 radical (unpaired) electrons. The number of pyridine rings is 1. The zero-order chi connectivity index (χ0) is 13.4. The van der Waals surface area contributed by atoms with E-state index in [-0.39, 0.29) is 6.10 Å². The molecule has 0 spiro atoms. The highest BCUT2D eigenvalue weighted by atomic mass is 16.5. The molecule has 18 heavy (non-hydrogen) atoms. The van der Waals surface area contributed by atoms with E-state index >= 15 is 0 Å². The minimum atomic E-state index is -0.637. The molecule has 1 aromatic heterocycles. The van der Waals surface area contributed by atoms with E-state index in [1.807, 2.05) is 13.8 Å². The van der Waals surface area contributed by atoms with Gasteiger partial charge in [0.15, 0.2) is 5.75 Å². The lowest BCUT2D eigenvalue weighted by molar-refractivity contribution is 0.242. The number of nitrogens with zero attached hydrogens (tertiary/aromatic N) is 1. The van der Waals surface area contributed by atoms with Crippen LogP contribution in [0.3, 0.4) is 0 Å². The lowest BCUT2D eigenvalue weighted by Crippen LogP contribution is -2.16. The van der Waals surface area contributed by atoms with Crippen molar-refractivity contribution in [2.24, 2.45) is 7.05 Å². The summed E-state index contributed by atoms with van der Waals surface area (Å²) in [6.45, 7) is 3.80. The summed E-state index contributed by atoms with van der Waals surface area (Å²) >= 11 is 0.